The first kappa shape index (κ1) is 30.2. The number of aliphatic hydroxyl groups excluding tert-OH is 1. The molecule has 218 valence electrons. The van der Waals surface area contributed by atoms with Gasteiger partial charge in [0.2, 0.25) is 0 Å². The molecule has 0 fully saturated rings. The number of hydrogen-bond acceptors (Lipinski definition) is 6. The van der Waals surface area contributed by atoms with Crippen LogP contribution in [0.5, 0.6) is 5.75 Å². The minimum atomic E-state index is -0.602. The maximum absolute atomic E-state index is 13.7. The number of pyridine rings is 1. The van der Waals surface area contributed by atoms with Crippen LogP contribution in [0.2, 0.25) is 5.02 Å². The fourth-order valence-corrected chi connectivity index (χ4v) is 5.07. The lowest BCUT2D eigenvalue weighted by Gasteiger charge is -2.31. The molecule has 2 amide bonds. The normalized spacial score (nSPS) is 12.8. The van der Waals surface area contributed by atoms with Gasteiger partial charge in [0.25, 0.3) is 17.4 Å². The third-order valence-electron chi connectivity index (χ3n) is 6.87. The van der Waals surface area contributed by atoms with Gasteiger partial charge in [0.1, 0.15) is 11.5 Å². The van der Waals surface area contributed by atoms with Gasteiger partial charge in [-0.2, -0.15) is 0 Å². The summed E-state index contributed by atoms with van der Waals surface area (Å²) in [6.45, 7) is 1.36. The summed E-state index contributed by atoms with van der Waals surface area (Å²) in [7, 11) is 1.31. The Morgan fingerprint density at radius 2 is 1.90 bits per heavy atom. The largest absolute Gasteiger partial charge is 0.490 e. The van der Waals surface area contributed by atoms with Gasteiger partial charge in [0.15, 0.2) is 5.75 Å². The van der Waals surface area contributed by atoms with Crippen LogP contribution < -0.4 is 15.6 Å². The first-order chi connectivity index (χ1) is 19.8. The zero-order valence-corrected chi connectivity index (χ0v) is 23.6. The number of halogens is 2. The molecule has 0 aliphatic carbocycles. The lowest BCUT2D eigenvalue weighted by molar-refractivity contribution is 0.0720. The fraction of sp³-hybridized carbons (Fsp3) is 0.367. The van der Waals surface area contributed by atoms with E-state index in [2.05, 4.69) is 5.32 Å². The summed E-state index contributed by atoms with van der Waals surface area (Å²) in [5, 5.41) is 12.0. The van der Waals surface area contributed by atoms with E-state index in [1.165, 1.54) is 28.7 Å². The molecular weight excluding hydrogens is 553 g/mol. The monoisotopic (exact) mass is 585 g/mol. The summed E-state index contributed by atoms with van der Waals surface area (Å²) in [6.07, 6.45) is 1.18. The molecule has 41 heavy (non-hydrogen) atoms. The molecule has 0 spiro atoms. The van der Waals surface area contributed by atoms with Crippen LogP contribution in [0.25, 0.3) is 0 Å². The zero-order valence-electron chi connectivity index (χ0n) is 22.8. The lowest BCUT2D eigenvalue weighted by Crippen LogP contribution is -2.43. The Bertz CT molecular complexity index is 1450. The molecule has 2 N–H and O–H groups in total. The van der Waals surface area contributed by atoms with Gasteiger partial charge >= 0.3 is 0 Å². The summed E-state index contributed by atoms with van der Waals surface area (Å²) in [5.41, 5.74) is 1.59. The van der Waals surface area contributed by atoms with Gasteiger partial charge in [-0.1, -0.05) is 48.0 Å². The van der Waals surface area contributed by atoms with Crippen molar-refractivity contribution in [3.8, 4) is 5.75 Å². The van der Waals surface area contributed by atoms with Gasteiger partial charge in [0, 0.05) is 38.3 Å². The van der Waals surface area contributed by atoms with Crippen LogP contribution in [0.3, 0.4) is 0 Å². The topological polar surface area (TPSA) is 110 Å². The molecule has 9 nitrogen and oxygen atoms in total. The molecule has 2 heterocycles. The standard InChI is InChI=1S/C30H33ClFN3O6/c1-40-27-25-22(11-14-34(29(25)38)18-21-9-10-24(32)23(31)17-21)26(35(30(27)39)13-5-6-15-36)28(37)33-12-16-41-19-20-7-3-2-4-8-20/h2-4,7-10,17,36H,5-6,11-16,18-19H2,1H3,(H,33,37). The molecule has 0 saturated heterocycles. The van der Waals surface area contributed by atoms with E-state index in [-0.39, 0.29) is 61.4 Å². The Hall–Kier alpha value is -3.73. The second kappa shape index (κ2) is 14.2. The quantitative estimate of drug-likeness (QED) is 0.297. The maximum atomic E-state index is 13.7. The number of carbonyl (C=O) groups is 2. The first-order valence-electron chi connectivity index (χ1n) is 13.4. The van der Waals surface area contributed by atoms with Crippen molar-refractivity contribution in [2.45, 2.75) is 39.0 Å². The number of ether oxygens (including phenoxy) is 2. The van der Waals surface area contributed by atoms with E-state index < -0.39 is 23.2 Å². The second-order valence-electron chi connectivity index (χ2n) is 9.64. The summed E-state index contributed by atoms with van der Waals surface area (Å²) in [4.78, 5) is 42.3. The lowest BCUT2D eigenvalue weighted by atomic mass is 9.95. The van der Waals surface area contributed by atoms with Gasteiger partial charge in [-0.3, -0.25) is 14.4 Å². The average Bonchev–Trinajstić information content (AvgIpc) is 2.97. The predicted molar refractivity (Wildman–Crippen MR) is 152 cm³/mol. The number of fused-ring (bicyclic) bond motifs is 1. The number of carbonyl (C=O) groups excluding carboxylic acids is 2. The minimum Gasteiger partial charge on any atom is -0.490 e. The molecular formula is C30H33ClFN3O6. The summed E-state index contributed by atoms with van der Waals surface area (Å²) >= 11 is 5.92. The van der Waals surface area contributed by atoms with E-state index in [0.717, 1.165) is 5.56 Å². The molecule has 11 heteroatoms. The van der Waals surface area contributed by atoms with E-state index in [1.54, 1.807) is 6.07 Å². The highest BCUT2D eigenvalue weighted by molar-refractivity contribution is 6.30. The highest BCUT2D eigenvalue weighted by Gasteiger charge is 2.35. The van der Waals surface area contributed by atoms with Crippen molar-refractivity contribution in [3.05, 3.63) is 97.7 Å². The van der Waals surface area contributed by atoms with E-state index >= 15 is 0 Å². The third kappa shape index (κ3) is 7.13. The minimum absolute atomic E-state index is 0.0424. The summed E-state index contributed by atoms with van der Waals surface area (Å²) in [6, 6.07) is 13.9. The smallest absolute Gasteiger partial charge is 0.294 e. The molecule has 0 unspecified atom stereocenters. The van der Waals surface area contributed by atoms with Crippen molar-refractivity contribution in [3.63, 3.8) is 0 Å². The number of methoxy groups -OCH3 is 1. The van der Waals surface area contributed by atoms with Crippen molar-refractivity contribution in [1.29, 1.82) is 0 Å². The molecule has 0 bridgehead atoms. The van der Waals surface area contributed by atoms with Crippen LogP contribution in [-0.4, -0.2) is 59.8 Å². The number of amides is 2. The summed E-state index contributed by atoms with van der Waals surface area (Å²) < 4.78 is 26.1. The second-order valence-corrected chi connectivity index (χ2v) is 10.0. The Balaban J connectivity index is 1.60. The number of aromatic nitrogens is 1. The van der Waals surface area contributed by atoms with Gasteiger partial charge in [0.05, 0.1) is 30.9 Å². The van der Waals surface area contributed by atoms with Crippen LogP contribution >= 0.6 is 11.6 Å². The predicted octanol–water partition coefficient (Wildman–Crippen LogP) is 3.57. The van der Waals surface area contributed by atoms with Crippen LogP contribution in [0.1, 0.15) is 50.4 Å². The number of hydrogen-bond donors (Lipinski definition) is 2. The van der Waals surface area contributed by atoms with Crippen molar-refractivity contribution in [2.75, 3.05) is 33.4 Å². The van der Waals surface area contributed by atoms with Crippen molar-refractivity contribution >= 4 is 23.4 Å². The van der Waals surface area contributed by atoms with Crippen LogP contribution in [0, 0.1) is 5.82 Å². The summed E-state index contributed by atoms with van der Waals surface area (Å²) in [5.74, 6) is -1.67. The molecule has 3 aromatic rings. The fourth-order valence-electron chi connectivity index (χ4n) is 4.86. The van der Waals surface area contributed by atoms with Crippen LogP contribution in [0.15, 0.2) is 53.3 Å². The number of aliphatic hydroxyl groups is 1. The van der Waals surface area contributed by atoms with Crippen molar-refractivity contribution in [2.24, 2.45) is 0 Å². The number of rotatable bonds is 13. The Labute approximate surface area is 242 Å². The average molecular weight is 586 g/mol. The first-order valence-corrected chi connectivity index (χ1v) is 13.8. The van der Waals surface area contributed by atoms with E-state index in [9.17, 15) is 23.9 Å². The van der Waals surface area contributed by atoms with E-state index in [0.29, 0.717) is 37.0 Å². The van der Waals surface area contributed by atoms with Crippen LogP contribution in [0.4, 0.5) is 4.39 Å². The highest BCUT2D eigenvalue weighted by Crippen LogP contribution is 2.30. The van der Waals surface area contributed by atoms with E-state index in [1.807, 2.05) is 30.3 Å². The van der Waals surface area contributed by atoms with Gasteiger partial charge < -0.3 is 29.4 Å². The Morgan fingerprint density at radius 3 is 2.61 bits per heavy atom. The van der Waals surface area contributed by atoms with Gasteiger partial charge in [-0.05, 0) is 42.5 Å². The Morgan fingerprint density at radius 1 is 1.12 bits per heavy atom. The van der Waals surface area contributed by atoms with Crippen molar-refractivity contribution in [1.82, 2.24) is 14.8 Å². The molecule has 0 atom stereocenters. The molecule has 1 aromatic heterocycles. The van der Waals surface area contributed by atoms with Crippen molar-refractivity contribution < 1.29 is 28.6 Å². The SMILES string of the molecule is COc1c2c(c(C(=O)NCCOCc3ccccc3)n(CCCCO)c1=O)CCN(Cc1ccc(F)c(Cl)c1)C2=O. The third-order valence-corrected chi connectivity index (χ3v) is 7.16. The van der Waals surface area contributed by atoms with Gasteiger partial charge in [-0.25, -0.2) is 4.39 Å². The Kier molecular flexibility index (Phi) is 10.5. The number of benzene rings is 2. The number of nitrogens with one attached hydrogen (secondary N) is 1. The molecule has 0 radical (unpaired) electrons. The van der Waals surface area contributed by atoms with Crippen LogP contribution in [-0.2, 0) is 30.9 Å². The maximum Gasteiger partial charge on any atom is 0.294 e. The molecule has 1 aliphatic heterocycles. The zero-order chi connectivity index (χ0) is 29.4. The molecule has 0 saturated carbocycles. The molecule has 2 aromatic carbocycles. The number of nitrogens with zero attached hydrogens (tertiary/aromatic N) is 2. The molecule has 4 rings (SSSR count). The molecule has 1 aliphatic rings. The van der Waals surface area contributed by atoms with E-state index in [4.69, 9.17) is 21.1 Å². The highest BCUT2D eigenvalue weighted by atomic mass is 35.5. The van der Waals surface area contributed by atoms with Gasteiger partial charge in [-0.15, -0.1) is 0 Å². The number of unbranched alkanes of at least 4 members (excludes halogenated alkanes) is 1.